The fourth-order valence-electron chi connectivity index (χ4n) is 3.61. The molecule has 0 aromatic carbocycles. The molecular formula is C13H18. The van der Waals surface area contributed by atoms with Crippen molar-refractivity contribution in [2.45, 2.75) is 38.5 Å². The fraction of sp³-hybridized carbons (Fsp3) is 0.692. The molecule has 0 radical (unpaired) electrons. The highest BCUT2D eigenvalue weighted by atomic mass is 14.4. The predicted molar refractivity (Wildman–Crippen MR) is 55.4 cm³/mol. The van der Waals surface area contributed by atoms with Crippen LogP contribution in [-0.4, -0.2) is 0 Å². The second kappa shape index (κ2) is 3.01. The van der Waals surface area contributed by atoms with E-state index in [4.69, 9.17) is 0 Å². The van der Waals surface area contributed by atoms with Crippen LogP contribution < -0.4 is 0 Å². The molecule has 3 unspecified atom stereocenters. The summed E-state index contributed by atoms with van der Waals surface area (Å²) in [6, 6.07) is 0. The van der Waals surface area contributed by atoms with Crippen molar-refractivity contribution in [3.05, 3.63) is 23.8 Å². The minimum Gasteiger partial charge on any atom is -0.0841 e. The van der Waals surface area contributed by atoms with Gasteiger partial charge in [-0.2, -0.15) is 0 Å². The predicted octanol–water partition coefficient (Wildman–Crippen LogP) is 3.70. The van der Waals surface area contributed by atoms with Crippen molar-refractivity contribution >= 4 is 0 Å². The molecule has 2 saturated carbocycles. The molecule has 0 nitrogen and oxygen atoms in total. The Morgan fingerprint density at radius 1 is 1.08 bits per heavy atom. The molecule has 0 aromatic heterocycles. The first-order valence-corrected chi connectivity index (χ1v) is 5.82. The molecular weight excluding hydrogens is 156 g/mol. The first-order valence-electron chi connectivity index (χ1n) is 5.82. The van der Waals surface area contributed by atoms with Crippen molar-refractivity contribution in [3.63, 3.8) is 0 Å². The molecule has 0 heterocycles. The quantitative estimate of drug-likeness (QED) is 0.491. The highest BCUT2D eigenvalue weighted by Gasteiger charge is 2.36. The monoisotopic (exact) mass is 174 g/mol. The van der Waals surface area contributed by atoms with Gasteiger partial charge < -0.3 is 0 Å². The zero-order chi connectivity index (χ0) is 8.67. The van der Waals surface area contributed by atoms with Crippen molar-refractivity contribution in [2.24, 2.45) is 17.8 Å². The first kappa shape index (κ1) is 7.84. The van der Waals surface area contributed by atoms with E-state index in [1.54, 1.807) is 0 Å². The van der Waals surface area contributed by atoms with Gasteiger partial charge >= 0.3 is 0 Å². The molecule has 0 aromatic rings. The van der Waals surface area contributed by atoms with Crippen LogP contribution in [0.3, 0.4) is 0 Å². The summed E-state index contributed by atoms with van der Waals surface area (Å²) >= 11 is 0. The van der Waals surface area contributed by atoms with Crippen molar-refractivity contribution in [2.75, 3.05) is 0 Å². The van der Waals surface area contributed by atoms with Gasteiger partial charge in [0.15, 0.2) is 0 Å². The van der Waals surface area contributed by atoms with Crippen molar-refractivity contribution in [1.82, 2.24) is 0 Å². The van der Waals surface area contributed by atoms with Crippen LogP contribution in [0.1, 0.15) is 38.5 Å². The van der Waals surface area contributed by atoms with Gasteiger partial charge in [-0.1, -0.05) is 30.2 Å². The second-order valence-corrected chi connectivity index (χ2v) is 4.85. The Kier molecular flexibility index (Phi) is 1.81. The maximum atomic E-state index is 2.52. The molecule has 13 heavy (non-hydrogen) atoms. The van der Waals surface area contributed by atoms with Crippen LogP contribution in [-0.2, 0) is 0 Å². The van der Waals surface area contributed by atoms with E-state index in [0.717, 1.165) is 17.8 Å². The van der Waals surface area contributed by atoms with E-state index in [1.807, 2.05) is 5.57 Å². The van der Waals surface area contributed by atoms with Crippen LogP contribution in [0.5, 0.6) is 0 Å². The Morgan fingerprint density at radius 3 is 3.08 bits per heavy atom. The highest BCUT2D eigenvalue weighted by molar-refractivity contribution is 5.25. The third kappa shape index (κ3) is 1.19. The van der Waals surface area contributed by atoms with Gasteiger partial charge in [-0.15, -0.1) is 0 Å². The molecule has 0 spiro atoms. The van der Waals surface area contributed by atoms with E-state index >= 15 is 0 Å². The lowest BCUT2D eigenvalue weighted by Gasteiger charge is -2.35. The van der Waals surface area contributed by atoms with Crippen LogP contribution in [0.15, 0.2) is 23.8 Å². The summed E-state index contributed by atoms with van der Waals surface area (Å²) in [5.41, 5.74) is 1.82. The van der Waals surface area contributed by atoms with Gasteiger partial charge in [-0.3, -0.25) is 0 Å². The molecule has 2 fully saturated rings. The van der Waals surface area contributed by atoms with Gasteiger partial charge in [-0.05, 0) is 49.9 Å². The molecule has 0 saturated heterocycles. The van der Waals surface area contributed by atoms with Crippen molar-refractivity contribution < 1.29 is 0 Å². The van der Waals surface area contributed by atoms with E-state index in [9.17, 15) is 0 Å². The summed E-state index contributed by atoms with van der Waals surface area (Å²) in [6.45, 7) is 0. The molecule has 3 rings (SSSR count). The van der Waals surface area contributed by atoms with E-state index in [1.165, 1.54) is 38.5 Å². The Hall–Kier alpha value is -0.520. The Labute approximate surface area is 80.7 Å². The summed E-state index contributed by atoms with van der Waals surface area (Å²) in [5, 5.41) is 0. The molecule has 0 amide bonds. The minimum atomic E-state index is 0.841. The maximum absolute atomic E-state index is 2.52. The van der Waals surface area contributed by atoms with Crippen LogP contribution in [0.4, 0.5) is 0 Å². The fourth-order valence-corrected chi connectivity index (χ4v) is 3.61. The lowest BCUT2D eigenvalue weighted by Crippen LogP contribution is -2.23. The van der Waals surface area contributed by atoms with Crippen LogP contribution in [0.25, 0.3) is 0 Å². The Bertz CT molecular complexity index is 259. The molecule has 3 aliphatic carbocycles. The van der Waals surface area contributed by atoms with Crippen LogP contribution >= 0.6 is 0 Å². The summed E-state index contributed by atoms with van der Waals surface area (Å²) in [5.74, 6) is 2.89. The molecule has 0 bridgehead atoms. The second-order valence-electron chi connectivity index (χ2n) is 4.85. The highest BCUT2D eigenvalue weighted by Crippen LogP contribution is 2.48. The average Bonchev–Trinajstić information content (AvgIpc) is 2.65. The van der Waals surface area contributed by atoms with Crippen molar-refractivity contribution in [3.8, 4) is 0 Å². The minimum absolute atomic E-state index is 0.841. The number of hydrogen-bond acceptors (Lipinski definition) is 0. The van der Waals surface area contributed by atoms with E-state index in [2.05, 4.69) is 18.2 Å². The Balaban J connectivity index is 1.89. The maximum Gasteiger partial charge on any atom is -0.00201 e. The molecule has 70 valence electrons. The normalized spacial score (nSPS) is 42.5. The lowest BCUT2D eigenvalue weighted by atomic mass is 9.70. The standard InChI is InChI=1S/C13H18/c1-2-6-12-10(4-1)8-9-11-5-3-7-13(11)12/h1,4,6,10-11,13H,2-3,5,7-9H2. The third-order valence-corrected chi connectivity index (χ3v) is 4.22. The van der Waals surface area contributed by atoms with E-state index in [-0.39, 0.29) is 0 Å². The zero-order valence-corrected chi connectivity index (χ0v) is 8.21. The summed E-state index contributed by atoms with van der Waals surface area (Å²) in [7, 11) is 0. The summed E-state index contributed by atoms with van der Waals surface area (Å²) in [4.78, 5) is 0. The number of hydrogen-bond donors (Lipinski definition) is 0. The summed E-state index contributed by atoms with van der Waals surface area (Å²) in [6.07, 6.45) is 16.0. The Morgan fingerprint density at radius 2 is 2.08 bits per heavy atom. The van der Waals surface area contributed by atoms with Gasteiger partial charge in [0, 0.05) is 0 Å². The lowest BCUT2D eigenvalue weighted by molar-refractivity contribution is 0.313. The number of allylic oxidation sites excluding steroid dienone is 4. The summed E-state index contributed by atoms with van der Waals surface area (Å²) < 4.78 is 0. The zero-order valence-electron chi connectivity index (χ0n) is 8.21. The average molecular weight is 174 g/mol. The first-order chi connectivity index (χ1) is 6.45. The smallest absolute Gasteiger partial charge is 0.00201 e. The largest absolute Gasteiger partial charge is 0.0841 e. The number of fused-ring (bicyclic) bond motifs is 3. The topological polar surface area (TPSA) is 0 Å². The molecule has 3 aliphatic rings. The van der Waals surface area contributed by atoms with Gasteiger partial charge in [0.2, 0.25) is 0 Å². The van der Waals surface area contributed by atoms with Crippen LogP contribution in [0.2, 0.25) is 0 Å². The van der Waals surface area contributed by atoms with E-state index < -0.39 is 0 Å². The molecule has 0 heteroatoms. The SMILES string of the molecule is C1=CC2CCC3CCCC3C2=CC1. The number of rotatable bonds is 0. The van der Waals surface area contributed by atoms with E-state index in [0.29, 0.717) is 0 Å². The van der Waals surface area contributed by atoms with Gasteiger partial charge in [0.1, 0.15) is 0 Å². The molecule has 0 aliphatic heterocycles. The van der Waals surface area contributed by atoms with Gasteiger partial charge in [0.05, 0.1) is 0 Å². The van der Waals surface area contributed by atoms with Crippen LogP contribution in [0, 0.1) is 17.8 Å². The van der Waals surface area contributed by atoms with Crippen molar-refractivity contribution in [1.29, 1.82) is 0 Å². The van der Waals surface area contributed by atoms with Gasteiger partial charge in [0.25, 0.3) is 0 Å². The molecule has 3 atom stereocenters. The molecule has 0 N–H and O–H groups in total. The third-order valence-electron chi connectivity index (χ3n) is 4.22. The van der Waals surface area contributed by atoms with Gasteiger partial charge in [-0.25, -0.2) is 0 Å².